The van der Waals surface area contributed by atoms with Crippen molar-refractivity contribution in [2.45, 2.75) is 0 Å². The number of nitrogens with one attached hydrogen (secondary N) is 2. The number of benzene rings is 1. The average molecular weight is 228 g/mol. The van der Waals surface area contributed by atoms with Crippen molar-refractivity contribution < 1.29 is 4.79 Å². The molecule has 0 atom stereocenters. The van der Waals surface area contributed by atoms with Gasteiger partial charge in [0.2, 0.25) is 5.56 Å². The monoisotopic (exact) mass is 228 g/mol. The second kappa shape index (κ2) is 4.65. The van der Waals surface area contributed by atoms with Gasteiger partial charge in [0.1, 0.15) is 0 Å². The molecule has 0 aliphatic carbocycles. The second-order valence-electron chi connectivity index (χ2n) is 3.59. The SMILES string of the molecule is CNC(=O)c1ccc(-c2cccc(=O)[nH]2)cc1. The van der Waals surface area contributed by atoms with Crippen LogP contribution in [0.5, 0.6) is 0 Å². The first-order valence-electron chi connectivity index (χ1n) is 5.22. The van der Waals surface area contributed by atoms with Crippen molar-refractivity contribution >= 4 is 5.91 Å². The highest BCUT2D eigenvalue weighted by Crippen LogP contribution is 2.15. The van der Waals surface area contributed by atoms with Gasteiger partial charge in [0, 0.05) is 24.4 Å². The van der Waals surface area contributed by atoms with Gasteiger partial charge in [-0.1, -0.05) is 18.2 Å². The Bertz CT molecular complexity index is 585. The van der Waals surface area contributed by atoms with Gasteiger partial charge in [-0.15, -0.1) is 0 Å². The first-order valence-corrected chi connectivity index (χ1v) is 5.22. The van der Waals surface area contributed by atoms with Gasteiger partial charge in [0.25, 0.3) is 5.91 Å². The fourth-order valence-corrected chi connectivity index (χ4v) is 1.56. The summed E-state index contributed by atoms with van der Waals surface area (Å²) in [5.74, 6) is -0.127. The van der Waals surface area contributed by atoms with Crippen LogP contribution in [0.15, 0.2) is 47.3 Å². The predicted molar refractivity (Wildman–Crippen MR) is 65.9 cm³/mol. The molecule has 17 heavy (non-hydrogen) atoms. The molecule has 0 aliphatic rings. The number of rotatable bonds is 2. The van der Waals surface area contributed by atoms with Crippen LogP contribution >= 0.6 is 0 Å². The minimum Gasteiger partial charge on any atom is -0.355 e. The van der Waals surface area contributed by atoms with E-state index in [-0.39, 0.29) is 11.5 Å². The lowest BCUT2D eigenvalue weighted by Crippen LogP contribution is -2.17. The van der Waals surface area contributed by atoms with Crippen molar-refractivity contribution in [3.63, 3.8) is 0 Å². The Morgan fingerprint density at radius 2 is 1.82 bits per heavy atom. The average Bonchev–Trinajstić information content (AvgIpc) is 2.38. The smallest absolute Gasteiger partial charge is 0.251 e. The number of amides is 1. The highest BCUT2D eigenvalue weighted by atomic mass is 16.1. The van der Waals surface area contributed by atoms with Crippen LogP contribution in [-0.4, -0.2) is 17.9 Å². The number of aromatic nitrogens is 1. The summed E-state index contributed by atoms with van der Waals surface area (Å²) in [6.07, 6.45) is 0. The Labute approximate surface area is 98.3 Å². The molecule has 2 rings (SSSR count). The van der Waals surface area contributed by atoms with E-state index in [9.17, 15) is 9.59 Å². The van der Waals surface area contributed by atoms with Gasteiger partial charge in [-0.2, -0.15) is 0 Å². The summed E-state index contributed by atoms with van der Waals surface area (Å²) in [6, 6.07) is 12.0. The first kappa shape index (κ1) is 11.1. The zero-order chi connectivity index (χ0) is 12.3. The molecule has 0 spiro atoms. The van der Waals surface area contributed by atoms with E-state index < -0.39 is 0 Å². The molecule has 0 aliphatic heterocycles. The fraction of sp³-hybridized carbons (Fsp3) is 0.0769. The van der Waals surface area contributed by atoms with Crippen LogP contribution in [0.2, 0.25) is 0 Å². The Balaban J connectivity index is 2.36. The molecule has 0 bridgehead atoms. The van der Waals surface area contributed by atoms with E-state index in [4.69, 9.17) is 0 Å². The number of carbonyl (C=O) groups is 1. The molecule has 1 aromatic carbocycles. The maximum Gasteiger partial charge on any atom is 0.251 e. The maximum atomic E-state index is 11.3. The van der Waals surface area contributed by atoms with E-state index in [1.54, 1.807) is 37.4 Å². The summed E-state index contributed by atoms with van der Waals surface area (Å²) < 4.78 is 0. The molecule has 4 heteroatoms. The van der Waals surface area contributed by atoms with Crippen LogP contribution in [0.4, 0.5) is 0 Å². The summed E-state index contributed by atoms with van der Waals surface area (Å²) >= 11 is 0. The van der Waals surface area contributed by atoms with E-state index >= 15 is 0 Å². The van der Waals surface area contributed by atoms with Gasteiger partial charge in [0.15, 0.2) is 0 Å². The molecule has 2 aromatic rings. The van der Waals surface area contributed by atoms with Crippen molar-refractivity contribution in [3.05, 3.63) is 58.4 Å². The first-order chi connectivity index (χ1) is 8.20. The number of pyridine rings is 1. The largest absolute Gasteiger partial charge is 0.355 e. The van der Waals surface area contributed by atoms with Crippen LogP contribution in [0.25, 0.3) is 11.3 Å². The summed E-state index contributed by atoms with van der Waals surface area (Å²) in [5, 5.41) is 2.55. The van der Waals surface area contributed by atoms with E-state index in [0.29, 0.717) is 5.56 Å². The molecule has 4 nitrogen and oxygen atoms in total. The minimum absolute atomic E-state index is 0.127. The Morgan fingerprint density at radius 1 is 1.12 bits per heavy atom. The molecule has 1 amide bonds. The van der Waals surface area contributed by atoms with Gasteiger partial charge < -0.3 is 10.3 Å². The van der Waals surface area contributed by atoms with E-state index in [2.05, 4.69) is 10.3 Å². The van der Waals surface area contributed by atoms with Crippen LogP contribution in [0.3, 0.4) is 0 Å². The molecule has 1 heterocycles. The normalized spacial score (nSPS) is 9.94. The predicted octanol–water partition coefficient (Wildman–Crippen LogP) is 1.40. The Morgan fingerprint density at radius 3 is 2.41 bits per heavy atom. The van der Waals surface area contributed by atoms with Gasteiger partial charge in [0.05, 0.1) is 0 Å². The molecule has 0 radical (unpaired) electrons. The summed E-state index contributed by atoms with van der Waals surface area (Å²) in [7, 11) is 1.59. The van der Waals surface area contributed by atoms with E-state index in [0.717, 1.165) is 11.3 Å². The van der Waals surface area contributed by atoms with Crippen molar-refractivity contribution in [2.75, 3.05) is 7.05 Å². The molecular weight excluding hydrogens is 216 g/mol. The zero-order valence-corrected chi connectivity index (χ0v) is 9.36. The van der Waals surface area contributed by atoms with Crippen LogP contribution < -0.4 is 10.9 Å². The fourth-order valence-electron chi connectivity index (χ4n) is 1.56. The summed E-state index contributed by atoms with van der Waals surface area (Å²) in [6.45, 7) is 0. The molecule has 1 aromatic heterocycles. The highest BCUT2D eigenvalue weighted by molar-refractivity contribution is 5.94. The Hall–Kier alpha value is -2.36. The quantitative estimate of drug-likeness (QED) is 0.816. The van der Waals surface area contributed by atoms with E-state index in [1.165, 1.54) is 6.07 Å². The van der Waals surface area contributed by atoms with Crippen molar-refractivity contribution in [2.24, 2.45) is 0 Å². The van der Waals surface area contributed by atoms with Crippen molar-refractivity contribution in [1.29, 1.82) is 0 Å². The third-order valence-corrected chi connectivity index (χ3v) is 2.45. The molecular formula is C13H12N2O2. The Kier molecular flexibility index (Phi) is 3.05. The van der Waals surface area contributed by atoms with Crippen molar-refractivity contribution in [3.8, 4) is 11.3 Å². The number of carbonyl (C=O) groups excluding carboxylic acids is 1. The number of hydrogen-bond acceptors (Lipinski definition) is 2. The van der Waals surface area contributed by atoms with Crippen LogP contribution in [0, 0.1) is 0 Å². The van der Waals surface area contributed by atoms with Crippen LogP contribution in [0.1, 0.15) is 10.4 Å². The van der Waals surface area contributed by atoms with E-state index in [1.807, 2.05) is 6.07 Å². The topological polar surface area (TPSA) is 62.0 Å². The van der Waals surface area contributed by atoms with Gasteiger partial charge in [-0.05, 0) is 23.8 Å². The zero-order valence-electron chi connectivity index (χ0n) is 9.36. The lowest BCUT2D eigenvalue weighted by molar-refractivity contribution is 0.0963. The molecule has 0 saturated carbocycles. The molecule has 0 fully saturated rings. The molecule has 0 unspecified atom stereocenters. The molecule has 0 saturated heterocycles. The standard InChI is InChI=1S/C13H12N2O2/c1-14-13(17)10-7-5-9(6-8-10)11-3-2-4-12(16)15-11/h2-8H,1H3,(H,14,17)(H,15,16). The number of aromatic amines is 1. The summed E-state index contributed by atoms with van der Waals surface area (Å²) in [5.41, 5.74) is 2.06. The third kappa shape index (κ3) is 2.42. The lowest BCUT2D eigenvalue weighted by Gasteiger charge is -2.03. The van der Waals surface area contributed by atoms with Crippen molar-refractivity contribution in [1.82, 2.24) is 10.3 Å². The second-order valence-corrected chi connectivity index (χ2v) is 3.59. The lowest BCUT2D eigenvalue weighted by atomic mass is 10.1. The minimum atomic E-state index is -0.141. The van der Waals surface area contributed by atoms with Gasteiger partial charge in [-0.25, -0.2) is 0 Å². The molecule has 2 N–H and O–H groups in total. The maximum absolute atomic E-state index is 11.3. The highest BCUT2D eigenvalue weighted by Gasteiger charge is 2.03. The molecule has 86 valence electrons. The van der Waals surface area contributed by atoms with Gasteiger partial charge >= 0.3 is 0 Å². The number of H-pyrrole nitrogens is 1. The summed E-state index contributed by atoms with van der Waals surface area (Å²) in [4.78, 5) is 25.2. The number of hydrogen-bond donors (Lipinski definition) is 2. The third-order valence-electron chi connectivity index (χ3n) is 2.45. The van der Waals surface area contributed by atoms with Gasteiger partial charge in [-0.3, -0.25) is 9.59 Å². The van der Waals surface area contributed by atoms with Crippen LogP contribution in [-0.2, 0) is 0 Å².